The van der Waals surface area contributed by atoms with Crippen molar-refractivity contribution in [3.8, 4) is 0 Å². The van der Waals surface area contributed by atoms with Gasteiger partial charge in [0.15, 0.2) is 12.4 Å². The zero-order valence-corrected chi connectivity index (χ0v) is 15.3. The molecule has 1 aromatic heterocycles. The number of ether oxygens (including phenoxy) is 1. The summed E-state index contributed by atoms with van der Waals surface area (Å²) < 4.78 is 5.29. The van der Waals surface area contributed by atoms with Crippen LogP contribution in [0.3, 0.4) is 0 Å². The quantitative estimate of drug-likeness (QED) is 0.649. The lowest BCUT2D eigenvalue weighted by Gasteiger charge is -2.08. The fraction of sp³-hybridized carbons (Fsp3) is 0.200. The van der Waals surface area contributed by atoms with E-state index in [9.17, 15) is 4.79 Å². The SMILES string of the molecule is Cc1ccc(CC(=O)OCc2nc(N)nc(Nc3ccccc3)n2)cc1C. The first-order chi connectivity index (χ1) is 13.0. The molecular weight excluding hydrogens is 342 g/mol. The largest absolute Gasteiger partial charge is 0.457 e. The first kappa shape index (κ1) is 18.3. The molecule has 3 aromatic rings. The average molecular weight is 363 g/mol. The number of aryl methyl sites for hydroxylation is 2. The van der Waals surface area contributed by atoms with Gasteiger partial charge >= 0.3 is 5.97 Å². The van der Waals surface area contributed by atoms with Crippen molar-refractivity contribution >= 4 is 23.6 Å². The molecule has 0 aliphatic carbocycles. The second-order valence-corrected chi connectivity index (χ2v) is 6.18. The highest BCUT2D eigenvalue weighted by Crippen LogP contribution is 2.14. The number of nitrogen functional groups attached to an aromatic ring is 1. The zero-order chi connectivity index (χ0) is 19.2. The Balaban J connectivity index is 1.61. The second kappa shape index (κ2) is 8.27. The van der Waals surface area contributed by atoms with Crippen LogP contribution in [0.5, 0.6) is 0 Å². The molecule has 0 fully saturated rings. The van der Waals surface area contributed by atoms with Crippen molar-refractivity contribution < 1.29 is 9.53 Å². The van der Waals surface area contributed by atoms with Crippen LogP contribution in [0.15, 0.2) is 48.5 Å². The Hall–Kier alpha value is -3.48. The van der Waals surface area contributed by atoms with Crippen LogP contribution in [0.1, 0.15) is 22.5 Å². The maximum absolute atomic E-state index is 12.1. The molecule has 0 saturated carbocycles. The van der Waals surface area contributed by atoms with E-state index in [1.54, 1.807) is 0 Å². The van der Waals surface area contributed by atoms with E-state index in [2.05, 4.69) is 20.3 Å². The third-order valence-corrected chi connectivity index (χ3v) is 4.01. The standard InChI is InChI=1S/C20H21N5O2/c1-13-8-9-15(10-14(13)2)11-18(26)27-12-17-23-19(21)25-20(24-17)22-16-6-4-3-5-7-16/h3-10H,11-12H2,1-2H3,(H3,21,22,23,24,25). The number of nitrogens with one attached hydrogen (secondary N) is 1. The van der Waals surface area contributed by atoms with E-state index in [-0.39, 0.29) is 30.8 Å². The summed E-state index contributed by atoms with van der Waals surface area (Å²) in [6, 6.07) is 15.3. The molecule has 0 unspecified atom stereocenters. The van der Waals surface area contributed by atoms with Gasteiger partial charge in [0.25, 0.3) is 0 Å². The van der Waals surface area contributed by atoms with Crippen LogP contribution >= 0.6 is 0 Å². The van der Waals surface area contributed by atoms with Crippen molar-refractivity contribution in [2.24, 2.45) is 0 Å². The number of hydrogen-bond donors (Lipinski definition) is 2. The van der Waals surface area contributed by atoms with E-state index >= 15 is 0 Å². The van der Waals surface area contributed by atoms with Crippen LogP contribution in [0.4, 0.5) is 17.6 Å². The summed E-state index contributed by atoms with van der Waals surface area (Å²) in [7, 11) is 0. The number of nitrogens with zero attached hydrogens (tertiary/aromatic N) is 3. The molecule has 0 radical (unpaired) electrons. The van der Waals surface area contributed by atoms with Crippen LogP contribution in [-0.2, 0) is 22.6 Å². The smallest absolute Gasteiger partial charge is 0.310 e. The molecule has 7 heteroatoms. The molecule has 138 valence electrons. The Morgan fingerprint density at radius 1 is 1.04 bits per heavy atom. The number of anilines is 3. The third-order valence-electron chi connectivity index (χ3n) is 4.01. The van der Waals surface area contributed by atoms with Gasteiger partial charge in [-0.3, -0.25) is 4.79 Å². The topological polar surface area (TPSA) is 103 Å². The molecule has 0 bridgehead atoms. The van der Waals surface area contributed by atoms with Gasteiger partial charge in [-0.25, -0.2) is 0 Å². The number of hydrogen-bond acceptors (Lipinski definition) is 7. The minimum absolute atomic E-state index is 0.0589. The Morgan fingerprint density at radius 3 is 2.56 bits per heavy atom. The number of carbonyl (C=O) groups excluding carboxylic acids is 1. The summed E-state index contributed by atoms with van der Waals surface area (Å²) in [5.74, 6) is 0.293. The highest BCUT2D eigenvalue weighted by molar-refractivity contribution is 5.72. The van der Waals surface area contributed by atoms with Gasteiger partial charge in [0.05, 0.1) is 6.42 Å². The summed E-state index contributed by atoms with van der Waals surface area (Å²) in [6.07, 6.45) is 0.191. The Kier molecular flexibility index (Phi) is 5.61. The number of para-hydroxylation sites is 1. The summed E-state index contributed by atoms with van der Waals surface area (Å²) in [5.41, 5.74) is 9.79. The van der Waals surface area contributed by atoms with Gasteiger partial charge in [0.2, 0.25) is 11.9 Å². The number of benzene rings is 2. The maximum Gasteiger partial charge on any atom is 0.310 e. The van der Waals surface area contributed by atoms with Gasteiger partial charge in [-0.15, -0.1) is 0 Å². The zero-order valence-electron chi connectivity index (χ0n) is 15.3. The predicted octanol–water partition coefficient (Wildman–Crippen LogP) is 3.10. The second-order valence-electron chi connectivity index (χ2n) is 6.18. The molecule has 0 amide bonds. The number of carbonyl (C=O) groups is 1. The minimum Gasteiger partial charge on any atom is -0.457 e. The Bertz CT molecular complexity index is 944. The first-order valence-electron chi connectivity index (χ1n) is 8.54. The number of rotatable bonds is 6. The molecule has 3 rings (SSSR count). The molecule has 0 atom stereocenters. The molecule has 7 nitrogen and oxygen atoms in total. The van der Waals surface area contributed by atoms with Crippen molar-refractivity contribution in [3.05, 3.63) is 71.0 Å². The molecule has 2 aromatic carbocycles. The van der Waals surface area contributed by atoms with Crippen LogP contribution in [0, 0.1) is 13.8 Å². The predicted molar refractivity (Wildman–Crippen MR) is 103 cm³/mol. The van der Waals surface area contributed by atoms with Crippen LogP contribution in [0.2, 0.25) is 0 Å². The highest BCUT2D eigenvalue weighted by Gasteiger charge is 2.10. The molecule has 0 saturated heterocycles. The van der Waals surface area contributed by atoms with Gasteiger partial charge in [-0.2, -0.15) is 15.0 Å². The van der Waals surface area contributed by atoms with Crippen molar-refractivity contribution in [2.45, 2.75) is 26.9 Å². The first-order valence-corrected chi connectivity index (χ1v) is 8.54. The lowest BCUT2D eigenvalue weighted by Crippen LogP contribution is -2.12. The molecule has 0 spiro atoms. The van der Waals surface area contributed by atoms with E-state index in [0.717, 1.165) is 16.8 Å². The lowest BCUT2D eigenvalue weighted by molar-refractivity contribution is -0.144. The van der Waals surface area contributed by atoms with Crippen molar-refractivity contribution in [2.75, 3.05) is 11.1 Å². The monoisotopic (exact) mass is 363 g/mol. The molecule has 27 heavy (non-hydrogen) atoms. The van der Waals surface area contributed by atoms with E-state index in [1.807, 2.05) is 62.4 Å². The fourth-order valence-corrected chi connectivity index (χ4v) is 2.49. The van der Waals surface area contributed by atoms with Gasteiger partial charge in [-0.05, 0) is 42.7 Å². The van der Waals surface area contributed by atoms with Crippen molar-refractivity contribution in [1.29, 1.82) is 0 Å². The Morgan fingerprint density at radius 2 is 1.81 bits per heavy atom. The summed E-state index contributed by atoms with van der Waals surface area (Å²) >= 11 is 0. The highest BCUT2D eigenvalue weighted by atomic mass is 16.5. The van der Waals surface area contributed by atoms with E-state index in [4.69, 9.17) is 10.5 Å². The van der Waals surface area contributed by atoms with Crippen LogP contribution in [0.25, 0.3) is 0 Å². The van der Waals surface area contributed by atoms with E-state index in [0.29, 0.717) is 5.95 Å². The normalized spacial score (nSPS) is 10.4. The van der Waals surface area contributed by atoms with Gasteiger partial charge < -0.3 is 15.8 Å². The van der Waals surface area contributed by atoms with Gasteiger partial charge in [0, 0.05) is 5.69 Å². The van der Waals surface area contributed by atoms with Crippen LogP contribution < -0.4 is 11.1 Å². The van der Waals surface area contributed by atoms with Crippen molar-refractivity contribution in [3.63, 3.8) is 0 Å². The molecular formula is C20H21N5O2. The van der Waals surface area contributed by atoms with Gasteiger partial charge in [0.1, 0.15) is 0 Å². The summed E-state index contributed by atoms with van der Waals surface area (Å²) in [5, 5.41) is 3.04. The number of aromatic nitrogens is 3. The average Bonchev–Trinajstić information content (AvgIpc) is 2.63. The fourth-order valence-electron chi connectivity index (χ4n) is 2.49. The molecule has 0 aliphatic rings. The van der Waals surface area contributed by atoms with E-state index in [1.165, 1.54) is 5.56 Å². The van der Waals surface area contributed by atoms with Crippen LogP contribution in [-0.4, -0.2) is 20.9 Å². The maximum atomic E-state index is 12.1. The summed E-state index contributed by atoms with van der Waals surface area (Å²) in [6.45, 7) is 3.97. The van der Waals surface area contributed by atoms with Gasteiger partial charge in [-0.1, -0.05) is 36.4 Å². The minimum atomic E-state index is -0.352. The van der Waals surface area contributed by atoms with E-state index < -0.39 is 0 Å². The number of nitrogens with two attached hydrogens (primary N) is 1. The molecule has 0 aliphatic heterocycles. The molecule has 3 N–H and O–H groups in total. The molecule has 1 heterocycles. The Labute approximate surface area is 157 Å². The lowest BCUT2D eigenvalue weighted by atomic mass is 10.0. The third kappa shape index (κ3) is 5.24. The number of esters is 1. The summed E-state index contributed by atoms with van der Waals surface area (Å²) in [4.78, 5) is 24.4. The van der Waals surface area contributed by atoms with Crippen molar-refractivity contribution in [1.82, 2.24) is 15.0 Å².